The van der Waals surface area contributed by atoms with E-state index in [1.165, 1.54) is 6.07 Å². The summed E-state index contributed by atoms with van der Waals surface area (Å²) < 4.78 is 13.9. The topological polar surface area (TPSA) is 26.0 Å². The molecule has 0 spiro atoms. The van der Waals surface area contributed by atoms with E-state index in [-0.39, 0.29) is 11.9 Å². The smallest absolute Gasteiger partial charge is 0.131 e. The third-order valence-corrected chi connectivity index (χ3v) is 3.76. The third-order valence-electron chi connectivity index (χ3n) is 3.76. The van der Waals surface area contributed by atoms with Gasteiger partial charge in [-0.25, -0.2) is 4.39 Å². The average molecular weight is 265 g/mol. The fourth-order valence-electron chi connectivity index (χ4n) is 2.66. The predicted octanol–water partition coefficient (Wildman–Crippen LogP) is 4.34. The van der Waals surface area contributed by atoms with Crippen molar-refractivity contribution in [2.75, 3.05) is 0 Å². The molecule has 0 heterocycles. The highest BCUT2D eigenvalue weighted by Gasteiger charge is 2.15. The zero-order chi connectivity index (χ0) is 14.1. The Morgan fingerprint density at radius 3 is 2.20 bits per heavy atom. The van der Waals surface area contributed by atoms with Crippen molar-refractivity contribution in [1.82, 2.24) is 0 Å². The Morgan fingerprint density at radius 2 is 1.45 bits per heavy atom. The maximum absolute atomic E-state index is 13.9. The molecule has 0 saturated heterocycles. The van der Waals surface area contributed by atoms with Crippen LogP contribution in [0, 0.1) is 12.7 Å². The summed E-state index contributed by atoms with van der Waals surface area (Å²) in [5.74, 6) is -0.207. The minimum absolute atomic E-state index is 0.207. The van der Waals surface area contributed by atoms with Crippen LogP contribution in [-0.4, -0.2) is 0 Å². The molecule has 0 aliphatic rings. The highest BCUT2D eigenvalue weighted by atomic mass is 19.1. The van der Waals surface area contributed by atoms with Crippen molar-refractivity contribution in [3.63, 3.8) is 0 Å². The van der Waals surface area contributed by atoms with Gasteiger partial charge in [0.2, 0.25) is 0 Å². The number of halogens is 1. The second-order valence-corrected chi connectivity index (χ2v) is 5.02. The van der Waals surface area contributed by atoms with Gasteiger partial charge < -0.3 is 5.73 Å². The lowest BCUT2D eigenvalue weighted by atomic mass is 9.92. The summed E-state index contributed by atoms with van der Waals surface area (Å²) in [5, 5.41) is 1.50. The molecule has 1 nitrogen and oxygen atoms in total. The summed E-state index contributed by atoms with van der Waals surface area (Å²) in [6.45, 7) is 2.04. The van der Waals surface area contributed by atoms with E-state index in [9.17, 15) is 4.39 Å². The zero-order valence-corrected chi connectivity index (χ0v) is 11.3. The molecule has 1 atom stereocenters. The Balaban J connectivity index is 2.20. The summed E-state index contributed by atoms with van der Waals surface area (Å²) in [4.78, 5) is 0. The molecule has 20 heavy (non-hydrogen) atoms. The van der Waals surface area contributed by atoms with Gasteiger partial charge in [-0.2, -0.15) is 0 Å². The highest BCUT2D eigenvalue weighted by molar-refractivity contribution is 5.87. The van der Waals surface area contributed by atoms with Crippen LogP contribution in [0.25, 0.3) is 10.8 Å². The van der Waals surface area contributed by atoms with Crippen molar-refractivity contribution >= 4 is 10.8 Å². The fourth-order valence-corrected chi connectivity index (χ4v) is 2.66. The Bertz CT molecular complexity index is 764. The molecule has 3 aromatic rings. The number of hydrogen-bond acceptors (Lipinski definition) is 1. The van der Waals surface area contributed by atoms with E-state index in [0.29, 0.717) is 5.39 Å². The third kappa shape index (κ3) is 2.08. The van der Waals surface area contributed by atoms with Crippen LogP contribution < -0.4 is 5.73 Å². The van der Waals surface area contributed by atoms with Gasteiger partial charge in [-0.05, 0) is 35.1 Å². The van der Waals surface area contributed by atoms with Crippen LogP contribution >= 0.6 is 0 Å². The van der Waals surface area contributed by atoms with Gasteiger partial charge in [-0.3, -0.25) is 0 Å². The Hall–Kier alpha value is -2.19. The molecule has 0 aromatic heterocycles. The minimum Gasteiger partial charge on any atom is -0.320 e. The second-order valence-electron chi connectivity index (χ2n) is 5.02. The van der Waals surface area contributed by atoms with Crippen molar-refractivity contribution in [2.45, 2.75) is 13.0 Å². The standard InChI is InChI=1S/C18H16FN/c1-12-6-2-3-7-13(12)18(20)16-10-11-17(19)15-9-5-4-8-14(15)16/h2-11,18H,20H2,1H3. The molecule has 100 valence electrons. The molecular weight excluding hydrogens is 249 g/mol. The van der Waals surface area contributed by atoms with E-state index >= 15 is 0 Å². The van der Waals surface area contributed by atoms with E-state index < -0.39 is 0 Å². The molecule has 0 bridgehead atoms. The first-order valence-electron chi connectivity index (χ1n) is 6.67. The van der Waals surface area contributed by atoms with Crippen LogP contribution in [0.2, 0.25) is 0 Å². The molecule has 0 saturated carbocycles. The van der Waals surface area contributed by atoms with E-state index in [2.05, 4.69) is 0 Å². The number of fused-ring (bicyclic) bond motifs is 1. The number of aryl methyl sites for hydroxylation is 1. The summed E-state index contributed by atoms with van der Waals surface area (Å²) in [6, 6.07) is 18.5. The maximum atomic E-state index is 13.9. The van der Waals surface area contributed by atoms with Crippen molar-refractivity contribution in [1.29, 1.82) is 0 Å². The van der Waals surface area contributed by atoms with Gasteiger partial charge in [0.1, 0.15) is 5.82 Å². The molecule has 0 radical (unpaired) electrons. The van der Waals surface area contributed by atoms with Gasteiger partial charge in [0.05, 0.1) is 6.04 Å². The van der Waals surface area contributed by atoms with Crippen molar-refractivity contribution in [3.05, 3.63) is 83.2 Å². The van der Waals surface area contributed by atoms with Crippen molar-refractivity contribution in [2.24, 2.45) is 5.73 Å². The summed E-state index contributed by atoms with van der Waals surface area (Å²) in [5.41, 5.74) is 9.59. The lowest BCUT2D eigenvalue weighted by Crippen LogP contribution is -2.13. The number of rotatable bonds is 2. The molecule has 2 N–H and O–H groups in total. The largest absolute Gasteiger partial charge is 0.320 e. The molecule has 0 fully saturated rings. The molecular formula is C18H16FN. The van der Waals surface area contributed by atoms with Crippen molar-refractivity contribution in [3.8, 4) is 0 Å². The van der Waals surface area contributed by atoms with Crippen LogP contribution in [0.4, 0.5) is 4.39 Å². The summed E-state index contributed by atoms with van der Waals surface area (Å²) in [6.07, 6.45) is 0. The molecule has 1 unspecified atom stereocenters. The van der Waals surface area contributed by atoms with Crippen LogP contribution in [0.3, 0.4) is 0 Å². The fraction of sp³-hybridized carbons (Fsp3) is 0.111. The van der Waals surface area contributed by atoms with Crippen LogP contribution in [0.5, 0.6) is 0 Å². The molecule has 0 aliphatic carbocycles. The van der Waals surface area contributed by atoms with Gasteiger partial charge in [0, 0.05) is 5.39 Å². The lowest BCUT2D eigenvalue weighted by molar-refractivity contribution is 0.639. The van der Waals surface area contributed by atoms with Crippen molar-refractivity contribution < 1.29 is 4.39 Å². The SMILES string of the molecule is Cc1ccccc1C(N)c1ccc(F)c2ccccc12. The van der Waals surface area contributed by atoms with Gasteiger partial charge in [0.25, 0.3) is 0 Å². The number of benzene rings is 3. The first-order valence-corrected chi connectivity index (χ1v) is 6.67. The Labute approximate surface area is 117 Å². The number of nitrogens with two attached hydrogens (primary N) is 1. The second kappa shape index (κ2) is 5.06. The lowest BCUT2D eigenvalue weighted by Gasteiger charge is -2.17. The van der Waals surface area contributed by atoms with Crippen LogP contribution in [-0.2, 0) is 0 Å². The zero-order valence-electron chi connectivity index (χ0n) is 11.3. The highest BCUT2D eigenvalue weighted by Crippen LogP contribution is 2.30. The van der Waals surface area contributed by atoms with Gasteiger partial charge >= 0.3 is 0 Å². The van der Waals surface area contributed by atoms with E-state index in [0.717, 1.165) is 22.1 Å². The average Bonchev–Trinajstić information content (AvgIpc) is 2.48. The summed E-state index contributed by atoms with van der Waals surface area (Å²) in [7, 11) is 0. The predicted molar refractivity (Wildman–Crippen MR) is 81.1 cm³/mol. The maximum Gasteiger partial charge on any atom is 0.131 e. The normalized spacial score (nSPS) is 12.6. The first-order chi connectivity index (χ1) is 9.68. The molecule has 0 amide bonds. The Kier molecular flexibility index (Phi) is 3.25. The minimum atomic E-state index is -0.248. The molecule has 3 aromatic carbocycles. The quantitative estimate of drug-likeness (QED) is 0.733. The number of hydrogen-bond donors (Lipinski definition) is 1. The van der Waals surface area contributed by atoms with Crippen LogP contribution in [0.1, 0.15) is 22.7 Å². The molecule has 0 aliphatic heterocycles. The summed E-state index contributed by atoms with van der Waals surface area (Å²) >= 11 is 0. The van der Waals surface area contributed by atoms with Gasteiger partial charge in [0.15, 0.2) is 0 Å². The van der Waals surface area contributed by atoms with Gasteiger partial charge in [-0.1, -0.05) is 54.6 Å². The Morgan fingerprint density at radius 1 is 0.800 bits per heavy atom. The monoisotopic (exact) mass is 265 g/mol. The molecule has 3 rings (SSSR count). The van der Waals surface area contributed by atoms with E-state index in [1.807, 2.05) is 49.4 Å². The molecule has 2 heteroatoms. The van der Waals surface area contributed by atoms with E-state index in [1.54, 1.807) is 12.1 Å². The first kappa shape index (κ1) is 12.8. The van der Waals surface area contributed by atoms with Gasteiger partial charge in [-0.15, -0.1) is 0 Å². The van der Waals surface area contributed by atoms with Crippen LogP contribution in [0.15, 0.2) is 60.7 Å². The van der Waals surface area contributed by atoms with E-state index in [4.69, 9.17) is 5.73 Å².